The zero-order valence-electron chi connectivity index (χ0n) is 4.38. The predicted octanol–water partition coefficient (Wildman–Crippen LogP) is 0.523. The average molecular weight is 274 g/mol. The second-order valence-corrected chi connectivity index (χ2v) is 0.730. The van der Waals surface area contributed by atoms with E-state index in [-0.39, 0.29) is 21.1 Å². The van der Waals surface area contributed by atoms with E-state index in [0.717, 1.165) is 0 Å². The molecule has 7 heavy (non-hydrogen) atoms. The van der Waals surface area contributed by atoms with Crippen molar-refractivity contribution in [1.29, 1.82) is 0 Å². The molecule has 0 atom stereocenters. The summed E-state index contributed by atoms with van der Waals surface area (Å²) in [6, 6.07) is 0. The van der Waals surface area contributed by atoms with Crippen molar-refractivity contribution in [2.24, 2.45) is 0 Å². The SMILES string of the molecule is C[N-]COOC.[W]. The summed E-state index contributed by atoms with van der Waals surface area (Å²) in [7, 11) is 3.10. The van der Waals surface area contributed by atoms with Crippen molar-refractivity contribution in [2.75, 3.05) is 20.9 Å². The normalized spacial score (nSPS) is 7.71. The maximum atomic E-state index is 4.32. The molecule has 0 amide bonds. The third kappa shape index (κ3) is 10.8. The van der Waals surface area contributed by atoms with Crippen molar-refractivity contribution < 1.29 is 30.8 Å². The molecule has 0 saturated carbocycles. The zero-order valence-corrected chi connectivity index (χ0v) is 7.31. The fraction of sp³-hybridized carbons (Fsp3) is 1.00. The Labute approximate surface area is 57.6 Å². The number of rotatable bonds is 3. The van der Waals surface area contributed by atoms with Crippen LogP contribution in [-0.2, 0) is 30.8 Å². The number of hydrogen-bond acceptors (Lipinski definition) is 2. The molecule has 0 heterocycles. The minimum atomic E-state index is 0. The van der Waals surface area contributed by atoms with E-state index in [1.165, 1.54) is 7.11 Å². The maximum Gasteiger partial charge on any atom is 0.0712 e. The maximum absolute atomic E-state index is 4.32. The molecule has 0 spiro atoms. The largest absolute Gasteiger partial charge is 0.639 e. The van der Waals surface area contributed by atoms with Gasteiger partial charge in [-0.1, -0.05) is 0 Å². The van der Waals surface area contributed by atoms with Gasteiger partial charge in [-0.25, -0.2) is 4.89 Å². The summed E-state index contributed by atoms with van der Waals surface area (Å²) in [4.78, 5) is 8.50. The van der Waals surface area contributed by atoms with Crippen molar-refractivity contribution in [1.82, 2.24) is 0 Å². The molecule has 0 aromatic heterocycles. The third-order valence-electron chi connectivity index (χ3n) is 0.300. The van der Waals surface area contributed by atoms with E-state index in [9.17, 15) is 0 Å². The summed E-state index contributed by atoms with van der Waals surface area (Å²) in [6.45, 7) is 0.316. The molecule has 0 N–H and O–H groups in total. The minimum Gasteiger partial charge on any atom is -0.639 e. The van der Waals surface area contributed by atoms with Crippen molar-refractivity contribution >= 4 is 0 Å². The summed E-state index contributed by atoms with van der Waals surface area (Å²) < 4.78 is 0. The van der Waals surface area contributed by atoms with E-state index in [1.54, 1.807) is 7.05 Å². The molecule has 4 heteroatoms. The molecule has 0 aromatic rings. The van der Waals surface area contributed by atoms with Crippen LogP contribution in [0, 0.1) is 0 Å². The Hall–Kier alpha value is 0.568. The van der Waals surface area contributed by atoms with E-state index in [2.05, 4.69) is 15.1 Å². The van der Waals surface area contributed by atoms with Crippen LogP contribution in [0.3, 0.4) is 0 Å². The number of hydrogen-bond donors (Lipinski definition) is 0. The molecule has 0 bridgehead atoms. The molecule has 0 unspecified atom stereocenters. The molecule has 0 aliphatic carbocycles. The van der Waals surface area contributed by atoms with Gasteiger partial charge >= 0.3 is 0 Å². The first-order chi connectivity index (χ1) is 2.91. The van der Waals surface area contributed by atoms with E-state index in [0.29, 0.717) is 6.73 Å². The molecule has 0 radical (unpaired) electrons. The van der Waals surface area contributed by atoms with E-state index in [4.69, 9.17) is 0 Å². The van der Waals surface area contributed by atoms with Crippen LogP contribution in [-0.4, -0.2) is 20.9 Å². The van der Waals surface area contributed by atoms with E-state index < -0.39 is 0 Å². The van der Waals surface area contributed by atoms with Gasteiger partial charge in [0.05, 0.1) is 7.11 Å². The van der Waals surface area contributed by atoms with Crippen LogP contribution in [0.5, 0.6) is 0 Å². The first-order valence-corrected chi connectivity index (χ1v) is 1.63. The third-order valence-corrected chi connectivity index (χ3v) is 0.300. The molecule has 44 valence electrons. The Balaban J connectivity index is 0. The fourth-order valence-electron chi connectivity index (χ4n) is 0.105. The summed E-state index contributed by atoms with van der Waals surface area (Å²) >= 11 is 0. The summed E-state index contributed by atoms with van der Waals surface area (Å²) in [6.07, 6.45) is 0. The molecule has 3 nitrogen and oxygen atoms in total. The van der Waals surface area contributed by atoms with Crippen molar-refractivity contribution in [3.63, 3.8) is 0 Å². The minimum absolute atomic E-state index is 0. The summed E-state index contributed by atoms with van der Waals surface area (Å²) in [5.41, 5.74) is 0. The Bertz CT molecular complexity index is 24.9. The molecule has 0 aromatic carbocycles. The van der Waals surface area contributed by atoms with Crippen LogP contribution in [0.2, 0.25) is 0 Å². The Kier molecular flexibility index (Phi) is 14.7. The van der Waals surface area contributed by atoms with Crippen LogP contribution in [0.1, 0.15) is 0 Å². The van der Waals surface area contributed by atoms with Gasteiger partial charge in [-0.3, -0.25) is 4.89 Å². The van der Waals surface area contributed by atoms with Gasteiger partial charge in [0.15, 0.2) is 0 Å². The van der Waals surface area contributed by atoms with Gasteiger partial charge in [0, 0.05) is 21.1 Å². The van der Waals surface area contributed by atoms with Gasteiger partial charge < -0.3 is 5.32 Å². The Morgan fingerprint density at radius 2 is 2.14 bits per heavy atom. The van der Waals surface area contributed by atoms with Gasteiger partial charge in [0.25, 0.3) is 0 Å². The zero-order chi connectivity index (χ0) is 4.83. The second-order valence-electron chi connectivity index (χ2n) is 0.730. The van der Waals surface area contributed by atoms with Crippen LogP contribution in [0.4, 0.5) is 0 Å². The van der Waals surface area contributed by atoms with Crippen molar-refractivity contribution in [3.05, 3.63) is 5.32 Å². The van der Waals surface area contributed by atoms with Gasteiger partial charge in [-0.15, -0.1) is 0 Å². The van der Waals surface area contributed by atoms with Gasteiger partial charge in [-0.05, 0) is 6.73 Å². The fourth-order valence-corrected chi connectivity index (χ4v) is 0.105. The van der Waals surface area contributed by atoms with E-state index in [1.807, 2.05) is 0 Å². The van der Waals surface area contributed by atoms with Crippen LogP contribution < -0.4 is 0 Å². The quantitative estimate of drug-likeness (QED) is 0.427. The van der Waals surface area contributed by atoms with Gasteiger partial charge in [-0.2, -0.15) is 7.05 Å². The van der Waals surface area contributed by atoms with Gasteiger partial charge in [0.2, 0.25) is 0 Å². The summed E-state index contributed by atoms with van der Waals surface area (Å²) in [5.74, 6) is 0. The Morgan fingerprint density at radius 3 is 2.29 bits per heavy atom. The molecule has 0 aliphatic rings. The second kappa shape index (κ2) is 9.76. The molecular formula is C3H8NO2W-. The molecule has 0 rings (SSSR count). The van der Waals surface area contributed by atoms with Crippen LogP contribution in [0.15, 0.2) is 0 Å². The van der Waals surface area contributed by atoms with Crippen LogP contribution in [0.25, 0.3) is 5.32 Å². The summed E-state index contributed by atoms with van der Waals surface area (Å²) in [5, 5.41) is 3.58. The Morgan fingerprint density at radius 1 is 1.57 bits per heavy atom. The topological polar surface area (TPSA) is 32.6 Å². The smallest absolute Gasteiger partial charge is 0.0712 e. The van der Waals surface area contributed by atoms with Crippen molar-refractivity contribution in [3.8, 4) is 0 Å². The monoisotopic (exact) mass is 274 g/mol. The first kappa shape index (κ1) is 10.5. The molecular weight excluding hydrogens is 266 g/mol. The van der Waals surface area contributed by atoms with Crippen molar-refractivity contribution in [2.45, 2.75) is 0 Å². The standard InChI is InChI=1S/C3H8NO2.W/c1-4-3-6-5-2;/h3H2,1-2H3;/q-1;. The molecule has 0 saturated heterocycles. The first-order valence-electron chi connectivity index (χ1n) is 1.63. The number of nitrogens with zero attached hydrogens (tertiary/aromatic N) is 1. The predicted molar refractivity (Wildman–Crippen MR) is 22.2 cm³/mol. The molecule has 0 aliphatic heterocycles. The van der Waals surface area contributed by atoms with Gasteiger partial charge in [0.1, 0.15) is 0 Å². The van der Waals surface area contributed by atoms with E-state index >= 15 is 0 Å². The average Bonchev–Trinajstić information content (AvgIpc) is 1.61. The molecule has 0 fully saturated rings. The van der Waals surface area contributed by atoms with Crippen LogP contribution >= 0.6 is 0 Å².